The molecule has 0 saturated heterocycles. The third-order valence-corrected chi connectivity index (χ3v) is 5.17. The number of aryl methyl sites for hydroxylation is 5. The van der Waals surface area contributed by atoms with Gasteiger partial charge in [0.1, 0.15) is 11.6 Å². The first-order valence-corrected chi connectivity index (χ1v) is 9.65. The highest BCUT2D eigenvalue weighted by molar-refractivity contribution is 7.99. The summed E-state index contributed by atoms with van der Waals surface area (Å²) in [5.41, 5.74) is 4.16. The lowest BCUT2D eigenvalue weighted by molar-refractivity contribution is -0.118. The highest BCUT2D eigenvalue weighted by atomic mass is 32.2. The number of benzene rings is 1. The number of carbonyl (C=O) groups is 1. The molecule has 0 radical (unpaired) electrons. The van der Waals surface area contributed by atoms with Crippen LogP contribution in [0.1, 0.15) is 34.3 Å². The van der Waals surface area contributed by atoms with Crippen LogP contribution in [0.25, 0.3) is 5.69 Å². The van der Waals surface area contributed by atoms with Crippen LogP contribution in [-0.4, -0.2) is 31.4 Å². The van der Waals surface area contributed by atoms with Crippen molar-refractivity contribution in [2.45, 2.75) is 46.3 Å². The highest BCUT2D eigenvalue weighted by Gasteiger charge is 2.15. The molecule has 0 bridgehead atoms. The molecule has 1 amide bonds. The van der Waals surface area contributed by atoms with E-state index in [2.05, 4.69) is 52.5 Å². The molecular formula is C19H23N5O2S. The summed E-state index contributed by atoms with van der Waals surface area (Å²) in [6.07, 6.45) is 0. The predicted octanol–water partition coefficient (Wildman–Crippen LogP) is 3.21. The summed E-state index contributed by atoms with van der Waals surface area (Å²) in [6.45, 7) is 10.0. The Morgan fingerprint density at radius 1 is 1.19 bits per heavy atom. The van der Waals surface area contributed by atoms with Gasteiger partial charge in [-0.1, -0.05) is 23.9 Å². The number of hydrogen-bond donors (Lipinski definition) is 1. The van der Waals surface area contributed by atoms with Crippen molar-refractivity contribution in [3.05, 3.63) is 52.5 Å². The van der Waals surface area contributed by atoms with Crippen molar-refractivity contribution >= 4 is 17.7 Å². The van der Waals surface area contributed by atoms with Crippen molar-refractivity contribution in [1.29, 1.82) is 0 Å². The van der Waals surface area contributed by atoms with Gasteiger partial charge in [-0.05, 0) is 51.8 Å². The number of amides is 1. The van der Waals surface area contributed by atoms with E-state index in [4.69, 9.17) is 4.42 Å². The van der Waals surface area contributed by atoms with E-state index < -0.39 is 0 Å². The maximum Gasteiger partial charge on any atom is 0.230 e. The first kappa shape index (κ1) is 19.2. The third kappa shape index (κ3) is 4.39. The second-order valence-electron chi connectivity index (χ2n) is 6.47. The van der Waals surface area contributed by atoms with Crippen molar-refractivity contribution in [2.75, 3.05) is 5.75 Å². The van der Waals surface area contributed by atoms with Gasteiger partial charge < -0.3 is 9.73 Å². The summed E-state index contributed by atoms with van der Waals surface area (Å²) < 4.78 is 7.46. The SMILES string of the molecule is Cc1ccc(C)c(-n2c(C)nnc2SCC(=O)NCc2nc(C)c(C)o2)c1. The lowest BCUT2D eigenvalue weighted by Gasteiger charge is -2.12. The Morgan fingerprint density at radius 2 is 1.96 bits per heavy atom. The van der Waals surface area contributed by atoms with Gasteiger partial charge in [-0.25, -0.2) is 4.98 Å². The number of hydrogen-bond acceptors (Lipinski definition) is 6. The van der Waals surface area contributed by atoms with Gasteiger partial charge in [0.25, 0.3) is 0 Å². The number of oxazole rings is 1. The van der Waals surface area contributed by atoms with Crippen LogP contribution >= 0.6 is 11.8 Å². The molecule has 2 aromatic heterocycles. The zero-order valence-electron chi connectivity index (χ0n) is 16.2. The van der Waals surface area contributed by atoms with Crippen LogP contribution in [0, 0.1) is 34.6 Å². The summed E-state index contributed by atoms with van der Waals surface area (Å²) in [7, 11) is 0. The van der Waals surface area contributed by atoms with Gasteiger partial charge >= 0.3 is 0 Å². The van der Waals surface area contributed by atoms with Gasteiger partial charge in [0.2, 0.25) is 11.8 Å². The number of rotatable bonds is 6. The average molecular weight is 385 g/mol. The second-order valence-corrected chi connectivity index (χ2v) is 7.41. The number of nitrogens with zero attached hydrogens (tertiary/aromatic N) is 4. The zero-order chi connectivity index (χ0) is 19.6. The number of nitrogens with one attached hydrogen (secondary N) is 1. The van der Waals surface area contributed by atoms with E-state index in [0.29, 0.717) is 11.0 Å². The Hall–Kier alpha value is -2.61. The second kappa shape index (κ2) is 7.96. The molecule has 0 aliphatic rings. The van der Waals surface area contributed by atoms with Crippen LogP contribution in [-0.2, 0) is 11.3 Å². The summed E-state index contributed by atoms with van der Waals surface area (Å²) in [4.78, 5) is 16.5. The van der Waals surface area contributed by atoms with Gasteiger partial charge in [-0.2, -0.15) is 0 Å². The Balaban J connectivity index is 1.66. The molecule has 1 N–H and O–H groups in total. The summed E-state index contributed by atoms with van der Waals surface area (Å²) in [6, 6.07) is 6.25. The van der Waals surface area contributed by atoms with E-state index in [9.17, 15) is 4.79 Å². The monoisotopic (exact) mass is 385 g/mol. The molecule has 0 atom stereocenters. The first-order chi connectivity index (χ1) is 12.8. The molecule has 7 nitrogen and oxygen atoms in total. The standard InChI is InChI=1S/C19H23N5O2S/c1-11-6-7-12(2)16(8-11)24-15(5)22-23-19(24)27-10-17(25)20-9-18-21-13(3)14(4)26-18/h6-8H,9-10H2,1-5H3,(H,20,25). The normalized spacial score (nSPS) is 11.0. The maximum absolute atomic E-state index is 12.2. The van der Waals surface area contributed by atoms with Crippen molar-refractivity contribution in [2.24, 2.45) is 0 Å². The fourth-order valence-corrected chi connectivity index (χ4v) is 3.46. The molecule has 0 fully saturated rings. The fourth-order valence-electron chi connectivity index (χ4n) is 2.64. The van der Waals surface area contributed by atoms with Crippen LogP contribution in [0.3, 0.4) is 0 Å². The van der Waals surface area contributed by atoms with Crippen molar-refractivity contribution < 1.29 is 9.21 Å². The lowest BCUT2D eigenvalue weighted by Crippen LogP contribution is -2.25. The van der Waals surface area contributed by atoms with E-state index in [1.807, 2.05) is 25.3 Å². The number of carbonyl (C=O) groups excluding carboxylic acids is 1. The molecule has 0 unspecified atom stereocenters. The van der Waals surface area contributed by atoms with Gasteiger partial charge in [-0.3, -0.25) is 9.36 Å². The zero-order valence-corrected chi connectivity index (χ0v) is 17.0. The van der Waals surface area contributed by atoms with Crippen LogP contribution in [0.5, 0.6) is 0 Å². The van der Waals surface area contributed by atoms with Gasteiger partial charge in [0, 0.05) is 0 Å². The maximum atomic E-state index is 12.2. The molecule has 8 heteroatoms. The minimum absolute atomic E-state index is 0.110. The van der Waals surface area contributed by atoms with Crippen LogP contribution in [0.4, 0.5) is 0 Å². The Labute approximate surface area is 162 Å². The summed E-state index contributed by atoms with van der Waals surface area (Å²) >= 11 is 1.36. The molecule has 0 spiro atoms. The molecule has 27 heavy (non-hydrogen) atoms. The highest BCUT2D eigenvalue weighted by Crippen LogP contribution is 2.24. The van der Waals surface area contributed by atoms with E-state index in [-0.39, 0.29) is 18.2 Å². The average Bonchev–Trinajstić information content (AvgIpc) is 3.15. The largest absolute Gasteiger partial charge is 0.444 e. The van der Waals surface area contributed by atoms with E-state index >= 15 is 0 Å². The van der Waals surface area contributed by atoms with Crippen molar-refractivity contribution in [3.63, 3.8) is 0 Å². The number of thioether (sulfide) groups is 1. The van der Waals surface area contributed by atoms with E-state index in [1.54, 1.807) is 0 Å². The van der Waals surface area contributed by atoms with Crippen molar-refractivity contribution in [3.8, 4) is 5.69 Å². The molecule has 142 valence electrons. The molecule has 0 aliphatic carbocycles. The Morgan fingerprint density at radius 3 is 2.67 bits per heavy atom. The molecule has 0 aliphatic heterocycles. The minimum atomic E-state index is -0.110. The molecule has 0 saturated carbocycles. The van der Waals surface area contributed by atoms with Crippen LogP contribution in [0.15, 0.2) is 27.8 Å². The quantitative estimate of drug-likeness (QED) is 0.656. The van der Waals surface area contributed by atoms with E-state index in [1.165, 1.54) is 11.8 Å². The predicted molar refractivity (Wildman–Crippen MR) is 104 cm³/mol. The van der Waals surface area contributed by atoms with Gasteiger partial charge in [0.15, 0.2) is 5.16 Å². The Bertz CT molecular complexity index is 957. The molecule has 1 aromatic carbocycles. The third-order valence-electron chi connectivity index (χ3n) is 4.24. The molecule has 3 rings (SSSR count). The smallest absolute Gasteiger partial charge is 0.230 e. The van der Waals surface area contributed by atoms with Gasteiger partial charge in [0.05, 0.1) is 23.7 Å². The lowest BCUT2D eigenvalue weighted by atomic mass is 10.1. The minimum Gasteiger partial charge on any atom is -0.444 e. The summed E-state index contributed by atoms with van der Waals surface area (Å²) in [5, 5.41) is 11.9. The topological polar surface area (TPSA) is 85.8 Å². The molecule has 3 aromatic rings. The van der Waals surface area contributed by atoms with Gasteiger partial charge in [-0.15, -0.1) is 10.2 Å². The molecule has 2 heterocycles. The fraction of sp³-hybridized carbons (Fsp3) is 0.368. The molecular weight excluding hydrogens is 362 g/mol. The summed E-state index contributed by atoms with van der Waals surface area (Å²) in [5.74, 6) is 2.20. The van der Waals surface area contributed by atoms with Crippen LogP contribution in [0.2, 0.25) is 0 Å². The van der Waals surface area contributed by atoms with Crippen molar-refractivity contribution in [1.82, 2.24) is 25.1 Å². The Kier molecular flexibility index (Phi) is 5.65. The number of aromatic nitrogens is 4. The van der Waals surface area contributed by atoms with Crippen LogP contribution < -0.4 is 5.32 Å². The first-order valence-electron chi connectivity index (χ1n) is 8.67. The van der Waals surface area contributed by atoms with E-state index in [0.717, 1.165) is 34.1 Å².